The third-order valence-electron chi connectivity index (χ3n) is 3.28. The van der Waals surface area contributed by atoms with E-state index in [1.807, 2.05) is 11.9 Å². The molecule has 0 aromatic carbocycles. The van der Waals surface area contributed by atoms with Gasteiger partial charge >= 0.3 is 0 Å². The summed E-state index contributed by atoms with van der Waals surface area (Å²) < 4.78 is 1.05. The van der Waals surface area contributed by atoms with Crippen LogP contribution >= 0.6 is 46.9 Å². The number of carbonyl (C=O) groups excluding carboxylic acids is 1. The van der Waals surface area contributed by atoms with Crippen molar-refractivity contribution in [1.29, 1.82) is 0 Å². The molecule has 1 aromatic rings. The molecule has 0 spiro atoms. The highest BCUT2D eigenvalue weighted by atomic mass is 35.5. The molecule has 1 fully saturated rings. The second kappa shape index (κ2) is 7.70. The fraction of sp³-hybridized carbons (Fsp3) is 0.583. The summed E-state index contributed by atoms with van der Waals surface area (Å²) in [4.78, 5) is 14.1. The van der Waals surface area contributed by atoms with Crippen molar-refractivity contribution in [2.45, 2.75) is 12.8 Å². The first kappa shape index (κ1) is 17.1. The zero-order chi connectivity index (χ0) is 13.1. The van der Waals surface area contributed by atoms with Crippen LogP contribution in [-0.2, 0) is 0 Å². The van der Waals surface area contributed by atoms with Crippen LogP contribution in [0.5, 0.6) is 0 Å². The molecule has 0 saturated carbocycles. The standard InChI is InChI=1S/C12H16Cl2N2OS.ClH/c1-15-7-8-2-4-16(5-3-8)12(17)9-6-10(13)18-11(9)14;/h6,8,15H,2-5,7H2,1H3;1H. The number of halogens is 3. The largest absolute Gasteiger partial charge is 0.339 e. The Morgan fingerprint density at radius 1 is 1.47 bits per heavy atom. The van der Waals surface area contributed by atoms with Gasteiger partial charge in [-0.15, -0.1) is 23.7 Å². The normalized spacial score (nSPS) is 16.3. The van der Waals surface area contributed by atoms with Crippen molar-refractivity contribution in [3.8, 4) is 0 Å². The van der Waals surface area contributed by atoms with Gasteiger partial charge in [0.15, 0.2) is 0 Å². The van der Waals surface area contributed by atoms with Gasteiger partial charge in [-0.2, -0.15) is 0 Å². The molecule has 0 radical (unpaired) electrons. The second-order valence-electron chi connectivity index (χ2n) is 4.53. The number of hydrogen-bond acceptors (Lipinski definition) is 3. The Morgan fingerprint density at radius 2 is 2.11 bits per heavy atom. The Kier molecular flexibility index (Phi) is 6.91. The van der Waals surface area contributed by atoms with Gasteiger partial charge in [0.05, 0.1) is 9.90 Å². The molecule has 108 valence electrons. The minimum Gasteiger partial charge on any atom is -0.339 e. The van der Waals surface area contributed by atoms with Crippen molar-refractivity contribution in [3.05, 3.63) is 20.3 Å². The lowest BCUT2D eigenvalue weighted by molar-refractivity contribution is 0.0691. The number of rotatable bonds is 3. The van der Waals surface area contributed by atoms with E-state index in [2.05, 4.69) is 5.32 Å². The number of thiophene rings is 1. The molecular weight excluding hydrogens is 327 g/mol. The summed E-state index contributed by atoms with van der Waals surface area (Å²) in [5.74, 6) is 0.673. The van der Waals surface area contributed by atoms with Crippen LogP contribution < -0.4 is 5.32 Å². The Hall–Kier alpha value is -0.000000000000000222. The number of hydrogen-bond donors (Lipinski definition) is 1. The van der Waals surface area contributed by atoms with Crippen molar-refractivity contribution in [3.63, 3.8) is 0 Å². The third kappa shape index (κ3) is 4.23. The van der Waals surface area contributed by atoms with E-state index < -0.39 is 0 Å². The van der Waals surface area contributed by atoms with Crippen molar-refractivity contribution in [2.24, 2.45) is 5.92 Å². The van der Waals surface area contributed by atoms with Crippen molar-refractivity contribution in [1.82, 2.24) is 10.2 Å². The number of carbonyl (C=O) groups is 1. The van der Waals surface area contributed by atoms with Crippen molar-refractivity contribution < 1.29 is 4.79 Å². The molecule has 0 atom stereocenters. The maximum absolute atomic E-state index is 12.3. The van der Waals surface area contributed by atoms with Crippen LogP contribution in [-0.4, -0.2) is 37.5 Å². The highest BCUT2D eigenvalue weighted by Crippen LogP contribution is 2.32. The molecule has 1 aromatic heterocycles. The van der Waals surface area contributed by atoms with Gasteiger partial charge < -0.3 is 10.2 Å². The SMILES string of the molecule is CNCC1CCN(C(=O)c2cc(Cl)sc2Cl)CC1.Cl. The Labute approximate surface area is 133 Å². The monoisotopic (exact) mass is 342 g/mol. The number of piperidine rings is 1. The summed E-state index contributed by atoms with van der Waals surface area (Å²) in [6.07, 6.45) is 2.09. The lowest BCUT2D eigenvalue weighted by atomic mass is 9.96. The van der Waals surface area contributed by atoms with E-state index in [1.165, 1.54) is 11.3 Å². The van der Waals surface area contributed by atoms with E-state index in [-0.39, 0.29) is 18.3 Å². The molecule has 1 amide bonds. The van der Waals surface area contributed by atoms with E-state index in [0.29, 0.717) is 20.2 Å². The minimum absolute atomic E-state index is 0. The van der Waals surface area contributed by atoms with Gasteiger partial charge in [0.25, 0.3) is 5.91 Å². The molecule has 7 heteroatoms. The van der Waals surface area contributed by atoms with Crippen LogP contribution in [0.1, 0.15) is 23.2 Å². The number of likely N-dealkylation sites (tertiary alicyclic amines) is 1. The summed E-state index contributed by atoms with van der Waals surface area (Å²) in [6.45, 7) is 2.62. The first-order valence-corrected chi connectivity index (χ1v) is 7.57. The topological polar surface area (TPSA) is 32.3 Å². The minimum atomic E-state index is 0. The van der Waals surface area contributed by atoms with Gasteiger partial charge in [-0.25, -0.2) is 0 Å². The van der Waals surface area contributed by atoms with Gasteiger partial charge in [-0.05, 0) is 38.4 Å². The predicted molar refractivity (Wildman–Crippen MR) is 84.1 cm³/mol. The summed E-state index contributed by atoms with van der Waals surface area (Å²) in [6, 6.07) is 1.66. The highest BCUT2D eigenvalue weighted by molar-refractivity contribution is 7.20. The first-order chi connectivity index (χ1) is 8.61. The van der Waals surface area contributed by atoms with Gasteiger partial charge in [0.2, 0.25) is 0 Å². The van der Waals surface area contributed by atoms with Crippen LogP contribution in [0.3, 0.4) is 0 Å². The molecule has 2 heterocycles. The quantitative estimate of drug-likeness (QED) is 0.910. The number of amides is 1. The van der Waals surface area contributed by atoms with Crippen LogP contribution in [0, 0.1) is 5.92 Å². The average molecular weight is 344 g/mol. The smallest absolute Gasteiger partial charge is 0.256 e. The van der Waals surface area contributed by atoms with Crippen molar-refractivity contribution in [2.75, 3.05) is 26.7 Å². The van der Waals surface area contributed by atoms with Gasteiger partial charge in [0.1, 0.15) is 4.34 Å². The maximum Gasteiger partial charge on any atom is 0.256 e. The molecule has 0 aliphatic carbocycles. The number of nitrogens with zero attached hydrogens (tertiary/aromatic N) is 1. The molecule has 1 aliphatic heterocycles. The summed E-state index contributed by atoms with van der Waals surface area (Å²) in [5, 5.41) is 3.19. The fourth-order valence-corrected chi connectivity index (χ4v) is 3.73. The zero-order valence-electron chi connectivity index (χ0n) is 10.6. The lowest BCUT2D eigenvalue weighted by Crippen LogP contribution is -2.40. The molecule has 1 N–H and O–H groups in total. The van der Waals surface area contributed by atoms with E-state index in [0.717, 1.165) is 32.5 Å². The van der Waals surface area contributed by atoms with Crippen molar-refractivity contribution >= 4 is 52.9 Å². The van der Waals surface area contributed by atoms with E-state index in [9.17, 15) is 4.79 Å². The van der Waals surface area contributed by atoms with Crippen LogP contribution in [0.15, 0.2) is 6.07 Å². The van der Waals surface area contributed by atoms with Gasteiger partial charge in [0, 0.05) is 13.1 Å². The fourth-order valence-electron chi connectivity index (χ4n) is 2.29. The Morgan fingerprint density at radius 3 is 2.58 bits per heavy atom. The zero-order valence-corrected chi connectivity index (χ0v) is 13.8. The van der Waals surface area contributed by atoms with Gasteiger partial charge in [-0.3, -0.25) is 4.79 Å². The average Bonchev–Trinajstić information content (AvgIpc) is 2.69. The van der Waals surface area contributed by atoms with E-state index in [4.69, 9.17) is 23.2 Å². The Balaban J connectivity index is 0.00000180. The van der Waals surface area contributed by atoms with E-state index >= 15 is 0 Å². The molecular formula is C12H17Cl3N2OS. The highest BCUT2D eigenvalue weighted by Gasteiger charge is 2.25. The maximum atomic E-state index is 12.3. The van der Waals surface area contributed by atoms with Crippen LogP contribution in [0.25, 0.3) is 0 Å². The molecule has 2 rings (SSSR count). The van der Waals surface area contributed by atoms with Gasteiger partial charge in [-0.1, -0.05) is 23.2 Å². The molecule has 1 aliphatic rings. The predicted octanol–water partition coefficient (Wildman–Crippen LogP) is 3.55. The number of nitrogens with one attached hydrogen (secondary N) is 1. The molecule has 3 nitrogen and oxygen atoms in total. The molecule has 19 heavy (non-hydrogen) atoms. The summed E-state index contributed by atoms with van der Waals surface area (Å²) in [7, 11) is 1.96. The second-order valence-corrected chi connectivity index (χ2v) is 6.82. The third-order valence-corrected chi connectivity index (χ3v) is 4.77. The summed E-state index contributed by atoms with van der Waals surface area (Å²) >= 11 is 13.1. The lowest BCUT2D eigenvalue weighted by Gasteiger charge is -2.31. The van der Waals surface area contributed by atoms with Crippen LogP contribution in [0.2, 0.25) is 8.67 Å². The molecule has 1 saturated heterocycles. The van der Waals surface area contributed by atoms with Crippen LogP contribution in [0.4, 0.5) is 0 Å². The molecule has 0 unspecified atom stereocenters. The Bertz CT molecular complexity index is 431. The molecule has 0 bridgehead atoms. The van der Waals surface area contributed by atoms with E-state index in [1.54, 1.807) is 6.07 Å². The first-order valence-electron chi connectivity index (χ1n) is 6.00. The summed E-state index contributed by atoms with van der Waals surface area (Å²) in [5.41, 5.74) is 0.540.